The molecule has 0 radical (unpaired) electrons. The van der Waals surface area contributed by atoms with Crippen LogP contribution in [0.25, 0.3) is 0 Å². The number of benzene rings is 1. The van der Waals surface area contributed by atoms with Gasteiger partial charge in [-0.15, -0.1) is 0 Å². The second kappa shape index (κ2) is 7.19. The highest BCUT2D eigenvalue weighted by Crippen LogP contribution is 2.08. The number of carbonyl (C=O) groups is 2. The zero-order chi connectivity index (χ0) is 15.2. The molecule has 1 heterocycles. The van der Waals surface area contributed by atoms with Crippen LogP contribution in [0.4, 0.5) is 5.69 Å². The fourth-order valence-corrected chi connectivity index (χ4v) is 2.39. The number of rotatable bonds is 5. The number of amides is 1. The van der Waals surface area contributed by atoms with Gasteiger partial charge in [0.15, 0.2) is 0 Å². The van der Waals surface area contributed by atoms with Crippen LogP contribution in [0.5, 0.6) is 0 Å². The molecule has 0 saturated carbocycles. The van der Waals surface area contributed by atoms with Crippen molar-refractivity contribution < 1.29 is 14.7 Å². The maximum Gasteiger partial charge on any atom is 0.320 e. The average Bonchev–Trinajstić information content (AvgIpc) is 2.48. The summed E-state index contributed by atoms with van der Waals surface area (Å²) in [6.07, 6.45) is 0. The number of hydrogen-bond donors (Lipinski definition) is 2. The van der Waals surface area contributed by atoms with Gasteiger partial charge in [-0.25, -0.2) is 0 Å². The van der Waals surface area contributed by atoms with Gasteiger partial charge in [0.05, 0.1) is 6.54 Å². The Hall–Kier alpha value is -1.92. The number of hydrogen-bond acceptors (Lipinski definition) is 4. The van der Waals surface area contributed by atoms with Crippen LogP contribution in [-0.2, 0) is 9.59 Å². The summed E-state index contributed by atoms with van der Waals surface area (Å²) < 4.78 is 0. The summed E-state index contributed by atoms with van der Waals surface area (Å²) in [7, 11) is 0. The summed E-state index contributed by atoms with van der Waals surface area (Å²) in [4.78, 5) is 26.9. The molecule has 1 saturated heterocycles. The number of carbonyl (C=O) groups excluding carboxylic acids is 1. The van der Waals surface area contributed by atoms with Crippen molar-refractivity contribution >= 4 is 17.6 Å². The molecule has 1 amide bonds. The monoisotopic (exact) mass is 291 g/mol. The van der Waals surface area contributed by atoms with E-state index in [-0.39, 0.29) is 5.91 Å². The first-order valence-corrected chi connectivity index (χ1v) is 7.10. The van der Waals surface area contributed by atoms with Gasteiger partial charge in [-0.1, -0.05) is 18.2 Å². The van der Waals surface area contributed by atoms with Gasteiger partial charge >= 0.3 is 5.97 Å². The van der Waals surface area contributed by atoms with E-state index in [1.807, 2.05) is 40.1 Å². The first-order valence-electron chi connectivity index (χ1n) is 7.10. The van der Waals surface area contributed by atoms with Gasteiger partial charge in [-0.05, 0) is 19.1 Å². The van der Waals surface area contributed by atoms with Gasteiger partial charge in [0.2, 0.25) is 5.91 Å². The zero-order valence-electron chi connectivity index (χ0n) is 12.2. The molecule has 21 heavy (non-hydrogen) atoms. The SMILES string of the molecule is CC(C(=O)O)N1CCN(CC(=O)Nc2ccccc2)CC1. The smallest absolute Gasteiger partial charge is 0.320 e. The minimum Gasteiger partial charge on any atom is -0.480 e. The molecular weight excluding hydrogens is 270 g/mol. The van der Waals surface area contributed by atoms with Crippen LogP contribution in [0, 0.1) is 0 Å². The molecule has 6 heteroatoms. The van der Waals surface area contributed by atoms with E-state index in [4.69, 9.17) is 5.11 Å². The third-order valence-corrected chi connectivity index (χ3v) is 3.74. The van der Waals surface area contributed by atoms with E-state index in [1.54, 1.807) is 6.92 Å². The van der Waals surface area contributed by atoms with Crippen molar-refractivity contribution in [2.45, 2.75) is 13.0 Å². The lowest BCUT2D eigenvalue weighted by Gasteiger charge is -2.36. The standard InChI is InChI=1S/C15H21N3O3/c1-12(15(20)21)18-9-7-17(8-10-18)11-14(19)16-13-5-3-2-4-6-13/h2-6,12H,7-11H2,1H3,(H,16,19)(H,20,21). The Kier molecular flexibility index (Phi) is 5.30. The van der Waals surface area contributed by atoms with Gasteiger partial charge in [-0.3, -0.25) is 19.4 Å². The van der Waals surface area contributed by atoms with Gasteiger partial charge in [-0.2, -0.15) is 0 Å². The molecule has 1 aliphatic heterocycles. The number of piperazine rings is 1. The van der Waals surface area contributed by atoms with Crippen LogP contribution in [0.1, 0.15) is 6.92 Å². The average molecular weight is 291 g/mol. The van der Waals surface area contributed by atoms with Gasteiger partial charge in [0.1, 0.15) is 6.04 Å². The Bertz CT molecular complexity index is 484. The van der Waals surface area contributed by atoms with Crippen molar-refractivity contribution in [2.24, 2.45) is 0 Å². The number of carboxylic acid groups (broad SMARTS) is 1. The second-order valence-electron chi connectivity index (χ2n) is 5.24. The summed E-state index contributed by atoms with van der Waals surface area (Å²) in [5.74, 6) is -0.841. The summed E-state index contributed by atoms with van der Waals surface area (Å²) in [6.45, 7) is 4.79. The van der Waals surface area contributed by atoms with E-state index in [0.29, 0.717) is 32.7 Å². The molecule has 0 spiro atoms. The van der Waals surface area contributed by atoms with Crippen LogP contribution in [0.3, 0.4) is 0 Å². The second-order valence-corrected chi connectivity index (χ2v) is 5.24. The van der Waals surface area contributed by atoms with Crippen molar-refractivity contribution in [3.8, 4) is 0 Å². The third-order valence-electron chi connectivity index (χ3n) is 3.74. The highest BCUT2D eigenvalue weighted by atomic mass is 16.4. The van der Waals surface area contributed by atoms with Crippen LogP contribution >= 0.6 is 0 Å². The fraction of sp³-hybridized carbons (Fsp3) is 0.467. The van der Waals surface area contributed by atoms with Crippen LogP contribution < -0.4 is 5.32 Å². The highest BCUT2D eigenvalue weighted by molar-refractivity contribution is 5.92. The molecule has 1 unspecified atom stereocenters. The molecule has 6 nitrogen and oxygen atoms in total. The highest BCUT2D eigenvalue weighted by Gasteiger charge is 2.25. The van der Waals surface area contributed by atoms with Gasteiger partial charge in [0.25, 0.3) is 0 Å². The summed E-state index contributed by atoms with van der Waals surface area (Å²) >= 11 is 0. The van der Waals surface area contributed by atoms with Crippen molar-refractivity contribution in [1.82, 2.24) is 9.80 Å². The van der Waals surface area contributed by atoms with E-state index in [9.17, 15) is 9.59 Å². The Balaban J connectivity index is 1.76. The van der Waals surface area contributed by atoms with Crippen molar-refractivity contribution in [3.63, 3.8) is 0 Å². The molecule has 0 bridgehead atoms. The Morgan fingerprint density at radius 2 is 1.81 bits per heavy atom. The molecule has 1 aromatic carbocycles. The molecule has 0 aromatic heterocycles. The van der Waals surface area contributed by atoms with Crippen molar-refractivity contribution in [3.05, 3.63) is 30.3 Å². The fourth-order valence-electron chi connectivity index (χ4n) is 2.39. The van der Waals surface area contributed by atoms with E-state index < -0.39 is 12.0 Å². The summed E-state index contributed by atoms with van der Waals surface area (Å²) in [5.41, 5.74) is 0.792. The lowest BCUT2D eigenvalue weighted by molar-refractivity contribution is -0.143. The van der Waals surface area contributed by atoms with Gasteiger partial charge < -0.3 is 10.4 Å². The number of para-hydroxylation sites is 1. The number of anilines is 1. The predicted molar refractivity (Wildman–Crippen MR) is 80.2 cm³/mol. The van der Waals surface area contributed by atoms with E-state index in [0.717, 1.165) is 5.69 Å². The van der Waals surface area contributed by atoms with E-state index in [1.165, 1.54) is 0 Å². The molecular formula is C15H21N3O3. The molecule has 1 aromatic rings. The maximum absolute atomic E-state index is 11.9. The molecule has 1 atom stereocenters. The minimum absolute atomic E-state index is 0.0408. The molecule has 0 aliphatic carbocycles. The van der Waals surface area contributed by atoms with Crippen molar-refractivity contribution in [2.75, 3.05) is 38.0 Å². The Labute approximate surface area is 124 Å². The normalized spacial score (nSPS) is 18.1. The van der Waals surface area contributed by atoms with E-state index in [2.05, 4.69) is 5.32 Å². The molecule has 1 aliphatic rings. The first kappa shape index (κ1) is 15.5. The third kappa shape index (κ3) is 4.54. The van der Waals surface area contributed by atoms with Crippen molar-refractivity contribution in [1.29, 1.82) is 0 Å². The maximum atomic E-state index is 11.9. The topological polar surface area (TPSA) is 72.9 Å². The predicted octanol–water partition coefficient (Wildman–Crippen LogP) is 0.716. The quantitative estimate of drug-likeness (QED) is 0.836. The largest absolute Gasteiger partial charge is 0.480 e. The van der Waals surface area contributed by atoms with Crippen LogP contribution in [0.2, 0.25) is 0 Å². The summed E-state index contributed by atoms with van der Waals surface area (Å²) in [6, 6.07) is 8.89. The molecule has 2 rings (SSSR count). The Morgan fingerprint density at radius 1 is 1.19 bits per heavy atom. The number of carboxylic acids is 1. The molecule has 114 valence electrons. The van der Waals surface area contributed by atoms with Crippen LogP contribution in [-0.4, -0.2) is 65.5 Å². The van der Waals surface area contributed by atoms with E-state index >= 15 is 0 Å². The number of nitrogens with one attached hydrogen (secondary N) is 1. The zero-order valence-corrected chi connectivity index (χ0v) is 12.2. The number of aliphatic carboxylic acids is 1. The van der Waals surface area contributed by atoms with Crippen LogP contribution in [0.15, 0.2) is 30.3 Å². The molecule has 2 N–H and O–H groups in total. The summed E-state index contributed by atoms with van der Waals surface area (Å²) in [5, 5.41) is 11.8. The lowest BCUT2D eigenvalue weighted by atomic mass is 10.2. The lowest BCUT2D eigenvalue weighted by Crippen LogP contribution is -2.52. The van der Waals surface area contributed by atoms with Gasteiger partial charge in [0, 0.05) is 31.9 Å². The Morgan fingerprint density at radius 3 is 2.38 bits per heavy atom. The molecule has 1 fully saturated rings. The minimum atomic E-state index is -0.801. The number of nitrogens with zero attached hydrogens (tertiary/aromatic N) is 2. The first-order chi connectivity index (χ1) is 10.1.